The third-order valence-corrected chi connectivity index (χ3v) is 3.73. The number of nitrogens with two attached hydrogens (primary N) is 1. The molecule has 0 radical (unpaired) electrons. The van der Waals surface area contributed by atoms with Crippen LogP contribution in [-0.2, 0) is 5.75 Å². The molecule has 7 nitrogen and oxygen atoms in total. The number of benzene rings is 1. The van der Waals surface area contributed by atoms with Crippen LogP contribution in [0.5, 0.6) is 0 Å². The zero-order chi connectivity index (χ0) is 14.1. The van der Waals surface area contributed by atoms with Crippen LogP contribution in [0.1, 0.15) is 16.1 Å². The second kappa shape index (κ2) is 4.89. The first-order chi connectivity index (χ1) is 9.63. The van der Waals surface area contributed by atoms with Crippen molar-refractivity contribution in [3.8, 4) is 0 Å². The second-order valence-electron chi connectivity index (χ2n) is 4.10. The predicted octanol–water partition coefficient (Wildman–Crippen LogP) is 1.73. The molecule has 1 aromatic carbocycles. The van der Waals surface area contributed by atoms with E-state index in [9.17, 15) is 4.79 Å². The number of carbonyl (C=O) groups is 1. The van der Waals surface area contributed by atoms with Gasteiger partial charge in [-0.05, 0) is 23.8 Å². The summed E-state index contributed by atoms with van der Waals surface area (Å²) in [6.07, 6.45) is 1.43. The maximum Gasteiger partial charge on any atom is 0.371 e. The Bertz CT molecular complexity index is 780. The Morgan fingerprint density at radius 3 is 3.00 bits per heavy atom. The van der Waals surface area contributed by atoms with Crippen molar-refractivity contribution in [2.45, 2.75) is 10.9 Å². The van der Waals surface area contributed by atoms with Crippen molar-refractivity contribution in [2.75, 3.05) is 5.84 Å². The lowest BCUT2D eigenvalue weighted by Crippen LogP contribution is -2.07. The summed E-state index contributed by atoms with van der Waals surface area (Å²) in [7, 11) is 0. The van der Waals surface area contributed by atoms with Gasteiger partial charge in [0.15, 0.2) is 0 Å². The highest BCUT2D eigenvalue weighted by molar-refractivity contribution is 7.98. The molecular weight excluding hydrogens is 280 g/mol. The Hall–Kier alpha value is -2.48. The van der Waals surface area contributed by atoms with Gasteiger partial charge in [0.2, 0.25) is 10.9 Å². The van der Waals surface area contributed by atoms with Crippen molar-refractivity contribution in [1.82, 2.24) is 14.9 Å². The van der Waals surface area contributed by atoms with Crippen LogP contribution in [0.25, 0.3) is 11.0 Å². The van der Waals surface area contributed by atoms with Crippen molar-refractivity contribution in [2.24, 2.45) is 0 Å². The van der Waals surface area contributed by atoms with Gasteiger partial charge in [-0.15, -0.1) is 10.2 Å². The molecule has 0 aliphatic rings. The van der Waals surface area contributed by atoms with Crippen LogP contribution in [0, 0.1) is 0 Å². The van der Waals surface area contributed by atoms with Gasteiger partial charge in [-0.25, -0.2) is 9.47 Å². The molecule has 0 saturated carbocycles. The van der Waals surface area contributed by atoms with E-state index in [0.717, 1.165) is 10.9 Å². The van der Waals surface area contributed by atoms with E-state index in [1.807, 2.05) is 12.1 Å². The number of aromatic nitrogens is 3. The molecule has 0 spiro atoms. The number of furan rings is 1. The van der Waals surface area contributed by atoms with Gasteiger partial charge in [-0.2, -0.15) is 0 Å². The highest BCUT2D eigenvalue weighted by Crippen LogP contribution is 2.25. The number of carboxylic acids is 1. The van der Waals surface area contributed by atoms with Crippen LogP contribution in [0.2, 0.25) is 0 Å². The summed E-state index contributed by atoms with van der Waals surface area (Å²) in [5.74, 6) is 5.14. The van der Waals surface area contributed by atoms with E-state index < -0.39 is 5.97 Å². The highest BCUT2D eigenvalue weighted by atomic mass is 32.2. The van der Waals surface area contributed by atoms with Gasteiger partial charge in [-0.1, -0.05) is 17.8 Å². The van der Waals surface area contributed by atoms with Gasteiger partial charge < -0.3 is 15.4 Å². The number of fused-ring (bicyclic) bond motifs is 1. The summed E-state index contributed by atoms with van der Waals surface area (Å²) in [4.78, 5) is 10.8. The molecule has 8 heteroatoms. The molecular formula is C12H10N4O3S. The topological polar surface area (TPSA) is 107 Å². The molecule has 3 rings (SSSR count). The summed E-state index contributed by atoms with van der Waals surface area (Å²) in [6, 6.07) is 7.03. The van der Waals surface area contributed by atoms with Crippen molar-refractivity contribution < 1.29 is 14.3 Å². The maximum absolute atomic E-state index is 10.8. The Morgan fingerprint density at radius 2 is 2.30 bits per heavy atom. The van der Waals surface area contributed by atoms with Crippen molar-refractivity contribution >= 4 is 28.7 Å². The quantitative estimate of drug-likeness (QED) is 0.556. The monoisotopic (exact) mass is 290 g/mol. The lowest BCUT2D eigenvalue weighted by Gasteiger charge is -2.00. The van der Waals surface area contributed by atoms with Gasteiger partial charge in [-0.3, -0.25) is 0 Å². The van der Waals surface area contributed by atoms with E-state index in [-0.39, 0.29) is 5.76 Å². The van der Waals surface area contributed by atoms with Crippen molar-refractivity contribution in [1.29, 1.82) is 0 Å². The van der Waals surface area contributed by atoms with Crippen LogP contribution < -0.4 is 5.84 Å². The van der Waals surface area contributed by atoms with Crippen LogP contribution in [-0.4, -0.2) is 25.9 Å². The first-order valence-corrected chi connectivity index (χ1v) is 6.66. The first kappa shape index (κ1) is 12.5. The SMILES string of the molecule is Nn1cnnc1SCc1ccc2oc(C(=O)O)cc2c1. The normalized spacial score (nSPS) is 11.0. The number of nitrogens with zero attached hydrogens (tertiary/aromatic N) is 3. The average molecular weight is 290 g/mol. The zero-order valence-electron chi connectivity index (χ0n) is 10.2. The van der Waals surface area contributed by atoms with Gasteiger partial charge in [0, 0.05) is 11.1 Å². The molecule has 0 unspecified atom stereocenters. The third-order valence-electron chi connectivity index (χ3n) is 2.70. The van der Waals surface area contributed by atoms with Crippen LogP contribution in [0.3, 0.4) is 0 Å². The minimum atomic E-state index is -1.08. The summed E-state index contributed by atoms with van der Waals surface area (Å²) in [5.41, 5.74) is 1.57. The molecule has 0 aliphatic carbocycles. The summed E-state index contributed by atoms with van der Waals surface area (Å²) in [5, 5.41) is 17.8. The van der Waals surface area contributed by atoms with E-state index >= 15 is 0 Å². The fourth-order valence-corrected chi connectivity index (χ4v) is 2.55. The summed E-state index contributed by atoms with van der Waals surface area (Å²) in [6.45, 7) is 0. The fraction of sp³-hybridized carbons (Fsp3) is 0.0833. The standard InChI is InChI=1S/C12H10N4O3S/c13-16-6-14-15-12(16)20-5-7-1-2-9-8(3-7)4-10(19-9)11(17)18/h1-4,6H,5,13H2,(H,17,18). The molecule has 0 bridgehead atoms. The summed E-state index contributed by atoms with van der Waals surface area (Å²) < 4.78 is 6.55. The minimum absolute atomic E-state index is 0.0634. The van der Waals surface area contributed by atoms with E-state index in [4.69, 9.17) is 15.4 Å². The number of hydrogen-bond donors (Lipinski definition) is 2. The maximum atomic E-state index is 10.8. The van der Waals surface area contributed by atoms with E-state index in [2.05, 4.69) is 10.2 Å². The molecule has 0 amide bonds. The second-order valence-corrected chi connectivity index (χ2v) is 5.04. The average Bonchev–Trinajstić information content (AvgIpc) is 3.01. The van der Waals surface area contributed by atoms with Gasteiger partial charge >= 0.3 is 5.97 Å². The number of rotatable bonds is 4. The molecule has 0 aliphatic heterocycles. The molecule has 2 aromatic heterocycles. The summed E-state index contributed by atoms with van der Waals surface area (Å²) >= 11 is 1.45. The largest absolute Gasteiger partial charge is 0.475 e. The number of thioether (sulfide) groups is 1. The lowest BCUT2D eigenvalue weighted by atomic mass is 10.2. The van der Waals surface area contributed by atoms with E-state index in [0.29, 0.717) is 16.5 Å². The van der Waals surface area contributed by atoms with Gasteiger partial charge in [0.25, 0.3) is 0 Å². The number of aromatic carboxylic acids is 1. The molecule has 102 valence electrons. The Morgan fingerprint density at radius 1 is 1.45 bits per heavy atom. The number of carboxylic acid groups (broad SMARTS) is 1. The van der Waals surface area contributed by atoms with Crippen LogP contribution >= 0.6 is 11.8 Å². The van der Waals surface area contributed by atoms with Crippen molar-refractivity contribution in [3.63, 3.8) is 0 Å². The minimum Gasteiger partial charge on any atom is -0.475 e. The number of nitrogen functional groups attached to an aromatic ring is 1. The van der Waals surface area contributed by atoms with Crippen LogP contribution in [0.4, 0.5) is 0 Å². The molecule has 2 heterocycles. The molecule has 20 heavy (non-hydrogen) atoms. The molecule has 3 aromatic rings. The van der Waals surface area contributed by atoms with Crippen LogP contribution in [0.15, 0.2) is 40.2 Å². The Labute approximate surface area is 117 Å². The lowest BCUT2D eigenvalue weighted by molar-refractivity contribution is 0.0665. The fourth-order valence-electron chi connectivity index (χ4n) is 1.77. The predicted molar refractivity (Wildman–Crippen MR) is 72.9 cm³/mol. The third kappa shape index (κ3) is 2.32. The first-order valence-electron chi connectivity index (χ1n) is 5.67. The van der Waals surface area contributed by atoms with Crippen molar-refractivity contribution in [3.05, 3.63) is 41.9 Å². The van der Waals surface area contributed by atoms with Gasteiger partial charge in [0.1, 0.15) is 11.9 Å². The van der Waals surface area contributed by atoms with Gasteiger partial charge in [0.05, 0.1) is 0 Å². The molecule has 0 fully saturated rings. The molecule has 0 saturated heterocycles. The van der Waals surface area contributed by atoms with E-state index in [1.165, 1.54) is 28.8 Å². The van der Waals surface area contributed by atoms with E-state index in [1.54, 1.807) is 6.07 Å². The molecule has 3 N–H and O–H groups in total. The highest BCUT2D eigenvalue weighted by Gasteiger charge is 2.11. The number of hydrogen-bond acceptors (Lipinski definition) is 6. The smallest absolute Gasteiger partial charge is 0.371 e. The molecule has 0 atom stereocenters. The Kier molecular flexibility index (Phi) is 3.07. The Balaban J connectivity index is 1.82. The zero-order valence-corrected chi connectivity index (χ0v) is 11.0.